The normalized spacial score (nSPS) is 14.0. The van der Waals surface area contributed by atoms with Gasteiger partial charge in [-0.1, -0.05) is 38.1 Å². The third-order valence-corrected chi connectivity index (χ3v) is 5.18. The molecule has 1 N–H and O–H groups in total. The van der Waals surface area contributed by atoms with Crippen molar-refractivity contribution in [3.63, 3.8) is 0 Å². The molecule has 1 fully saturated rings. The van der Waals surface area contributed by atoms with E-state index in [4.69, 9.17) is 0 Å². The van der Waals surface area contributed by atoms with Crippen LogP contribution in [0.4, 0.5) is 5.69 Å². The van der Waals surface area contributed by atoms with Crippen LogP contribution in [-0.2, 0) is 0 Å². The van der Waals surface area contributed by atoms with Crippen molar-refractivity contribution in [1.82, 2.24) is 14.3 Å². The van der Waals surface area contributed by atoms with Crippen LogP contribution in [-0.4, -0.2) is 39.2 Å². The predicted octanol–water partition coefficient (Wildman–Crippen LogP) is 3.95. The van der Waals surface area contributed by atoms with Crippen molar-refractivity contribution in [2.45, 2.75) is 32.6 Å². The Morgan fingerprint density at radius 3 is 2.50 bits per heavy atom. The third-order valence-electron chi connectivity index (χ3n) is 5.18. The van der Waals surface area contributed by atoms with Gasteiger partial charge in [-0.2, -0.15) is 0 Å². The highest BCUT2D eigenvalue weighted by Crippen LogP contribution is 2.25. The maximum atomic E-state index is 13.0. The smallest absolute Gasteiger partial charge is 0.290 e. The van der Waals surface area contributed by atoms with E-state index in [1.54, 1.807) is 15.5 Å². The SMILES string of the molecule is CC(C)c1ccccc1NC(=O)c1nc(C(=O)N2CCCC2)n2ccccc12. The molecule has 0 atom stereocenters. The molecule has 1 aliphatic rings. The summed E-state index contributed by atoms with van der Waals surface area (Å²) < 4.78 is 1.71. The van der Waals surface area contributed by atoms with E-state index in [0.717, 1.165) is 37.2 Å². The van der Waals surface area contributed by atoms with Gasteiger partial charge in [0.05, 0.1) is 5.52 Å². The van der Waals surface area contributed by atoms with Crippen molar-refractivity contribution in [2.24, 2.45) is 0 Å². The van der Waals surface area contributed by atoms with Crippen molar-refractivity contribution in [3.8, 4) is 0 Å². The minimum absolute atomic E-state index is 0.125. The maximum Gasteiger partial charge on any atom is 0.290 e. The van der Waals surface area contributed by atoms with Crippen LogP contribution in [0.1, 0.15) is 59.3 Å². The number of hydrogen-bond donors (Lipinski definition) is 1. The molecule has 0 unspecified atom stereocenters. The molecule has 3 aromatic rings. The molecule has 28 heavy (non-hydrogen) atoms. The summed E-state index contributed by atoms with van der Waals surface area (Å²) in [6, 6.07) is 13.3. The number of aromatic nitrogens is 2. The van der Waals surface area contributed by atoms with E-state index in [1.165, 1.54) is 0 Å². The van der Waals surface area contributed by atoms with Gasteiger partial charge in [-0.3, -0.25) is 14.0 Å². The molecule has 0 saturated carbocycles. The Labute approximate surface area is 164 Å². The lowest BCUT2D eigenvalue weighted by atomic mass is 10.0. The van der Waals surface area contributed by atoms with Crippen molar-refractivity contribution in [2.75, 3.05) is 18.4 Å². The number of benzene rings is 1. The zero-order chi connectivity index (χ0) is 19.7. The number of carbonyl (C=O) groups excluding carboxylic acids is 2. The molecule has 3 heterocycles. The van der Waals surface area contributed by atoms with Crippen LogP contribution in [0.15, 0.2) is 48.7 Å². The van der Waals surface area contributed by atoms with E-state index in [1.807, 2.05) is 42.5 Å². The summed E-state index contributed by atoms with van der Waals surface area (Å²) in [6.07, 6.45) is 3.80. The van der Waals surface area contributed by atoms with Crippen molar-refractivity contribution >= 4 is 23.0 Å². The number of likely N-dealkylation sites (tertiary alicyclic amines) is 1. The molecular formula is C22H24N4O2. The monoisotopic (exact) mass is 376 g/mol. The van der Waals surface area contributed by atoms with Gasteiger partial charge in [0.2, 0.25) is 5.82 Å². The van der Waals surface area contributed by atoms with Crippen LogP contribution in [0.5, 0.6) is 0 Å². The minimum atomic E-state index is -0.308. The summed E-state index contributed by atoms with van der Waals surface area (Å²) in [5, 5.41) is 2.98. The van der Waals surface area contributed by atoms with Crippen molar-refractivity contribution < 1.29 is 9.59 Å². The number of imidazole rings is 1. The molecule has 144 valence electrons. The summed E-state index contributed by atoms with van der Waals surface area (Å²) >= 11 is 0. The molecule has 6 heteroatoms. The number of amides is 2. The second-order valence-corrected chi connectivity index (χ2v) is 7.44. The Kier molecular flexibility index (Phi) is 4.86. The average molecular weight is 376 g/mol. The first-order chi connectivity index (χ1) is 13.6. The Morgan fingerprint density at radius 1 is 1.04 bits per heavy atom. The topological polar surface area (TPSA) is 66.7 Å². The zero-order valence-electron chi connectivity index (χ0n) is 16.2. The first-order valence-electron chi connectivity index (χ1n) is 9.73. The van der Waals surface area contributed by atoms with Crippen LogP contribution in [0, 0.1) is 0 Å². The lowest BCUT2D eigenvalue weighted by Gasteiger charge is -2.13. The van der Waals surface area contributed by atoms with E-state index in [9.17, 15) is 9.59 Å². The highest BCUT2D eigenvalue weighted by atomic mass is 16.2. The van der Waals surface area contributed by atoms with Crippen LogP contribution >= 0.6 is 0 Å². The first-order valence-corrected chi connectivity index (χ1v) is 9.73. The maximum absolute atomic E-state index is 13.0. The fraction of sp³-hybridized carbons (Fsp3) is 0.318. The molecule has 0 aliphatic carbocycles. The summed E-state index contributed by atoms with van der Waals surface area (Å²) in [4.78, 5) is 32.2. The molecule has 0 bridgehead atoms. The molecule has 2 aromatic heterocycles. The second-order valence-electron chi connectivity index (χ2n) is 7.44. The number of carbonyl (C=O) groups is 2. The van der Waals surface area contributed by atoms with Gasteiger partial charge < -0.3 is 10.2 Å². The lowest BCUT2D eigenvalue weighted by molar-refractivity contribution is 0.0780. The fourth-order valence-corrected chi connectivity index (χ4v) is 3.71. The number of hydrogen-bond acceptors (Lipinski definition) is 3. The molecule has 1 aromatic carbocycles. The largest absolute Gasteiger partial charge is 0.336 e. The van der Waals surface area contributed by atoms with Gasteiger partial charge in [0.15, 0.2) is 5.69 Å². The van der Waals surface area contributed by atoms with Gasteiger partial charge in [-0.15, -0.1) is 0 Å². The molecule has 6 nitrogen and oxygen atoms in total. The Balaban J connectivity index is 1.71. The van der Waals surface area contributed by atoms with Gasteiger partial charge in [0.1, 0.15) is 0 Å². The molecule has 4 rings (SSSR count). The van der Waals surface area contributed by atoms with Gasteiger partial charge in [0.25, 0.3) is 11.8 Å². The number of pyridine rings is 1. The molecule has 2 amide bonds. The van der Waals surface area contributed by atoms with E-state index in [-0.39, 0.29) is 23.4 Å². The van der Waals surface area contributed by atoms with Crippen LogP contribution in [0.2, 0.25) is 0 Å². The summed E-state index contributed by atoms with van der Waals surface area (Å²) in [6.45, 7) is 5.65. The van der Waals surface area contributed by atoms with Gasteiger partial charge in [0, 0.05) is 25.0 Å². The number of anilines is 1. The highest BCUT2D eigenvalue weighted by molar-refractivity contribution is 6.09. The summed E-state index contributed by atoms with van der Waals surface area (Å²) in [7, 11) is 0. The number of nitrogens with one attached hydrogen (secondary N) is 1. The molecule has 0 spiro atoms. The zero-order valence-corrected chi connectivity index (χ0v) is 16.2. The molecular weight excluding hydrogens is 352 g/mol. The standard InChI is InChI=1S/C22H24N4O2/c1-15(2)16-9-3-4-10-17(16)23-21(27)19-18-11-5-6-14-26(18)20(24-19)22(28)25-12-7-8-13-25/h3-6,9-11,14-15H,7-8,12-13H2,1-2H3,(H,23,27). The summed E-state index contributed by atoms with van der Waals surface area (Å²) in [5.74, 6) is 0.139. The van der Waals surface area contributed by atoms with E-state index < -0.39 is 0 Å². The predicted molar refractivity (Wildman–Crippen MR) is 109 cm³/mol. The minimum Gasteiger partial charge on any atom is -0.336 e. The second kappa shape index (κ2) is 7.46. The number of rotatable bonds is 4. The van der Waals surface area contributed by atoms with Crippen LogP contribution in [0.25, 0.3) is 5.52 Å². The Hall–Kier alpha value is -3.15. The van der Waals surface area contributed by atoms with Gasteiger partial charge in [-0.25, -0.2) is 4.98 Å². The summed E-state index contributed by atoms with van der Waals surface area (Å²) in [5.41, 5.74) is 2.73. The van der Waals surface area contributed by atoms with E-state index in [2.05, 4.69) is 24.1 Å². The molecule has 1 saturated heterocycles. The number of fused-ring (bicyclic) bond motifs is 1. The van der Waals surface area contributed by atoms with Gasteiger partial charge >= 0.3 is 0 Å². The van der Waals surface area contributed by atoms with Crippen molar-refractivity contribution in [3.05, 3.63) is 65.7 Å². The van der Waals surface area contributed by atoms with E-state index in [0.29, 0.717) is 11.3 Å². The quantitative estimate of drug-likeness (QED) is 0.750. The number of para-hydroxylation sites is 1. The molecule has 0 radical (unpaired) electrons. The Morgan fingerprint density at radius 2 is 1.75 bits per heavy atom. The van der Waals surface area contributed by atoms with Gasteiger partial charge in [-0.05, 0) is 42.5 Å². The average Bonchev–Trinajstić information content (AvgIpc) is 3.36. The fourth-order valence-electron chi connectivity index (χ4n) is 3.71. The lowest BCUT2D eigenvalue weighted by Crippen LogP contribution is -2.29. The Bertz CT molecular complexity index is 1030. The van der Waals surface area contributed by atoms with Crippen LogP contribution in [0.3, 0.4) is 0 Å². The highest BCUT2D eigenvalue weighted by Gasteiger charge is 2.27. The first kappa shape index (κ1) is 18.2. The van der Waals surface area contributed by atoms with E-state index >= 15 is 0 Å². The molecule has 1 aliphatic heterocycles. The van der Waals surface area contributed by atoms with Crippen molar-refractivity contribution in [1.29, 1.82) is 0 Å². The van der Waals surface area contributed by atoms with Crippen LogP contribution < -0.4 is 5.32 Å². The third kappa shape index (κ3) is 3.26. The number of nitrogens with zero attached hydrogens (tertiary/aromatic N) is 3.